The second-order valence-electron chi connectivity index (χ2n) is 4.44. The maximum atomic E-state index is 9.30. The molecular weight excluding hydrogens is 263 g/mol. The molecule has 2 rings (SSSR count). The van der Waals surface area contributed by atoms with Crippen molar-refractivity contribution in [2.75, 3.05) is 6.61 Å². The Morgan fingerprint density at radius 2 is 2.00 bits per heavy atom. The molecule has 1 aromatic carbocycles. The molecule has 0 aromatic heterocycles. The van der Waals surface area contributed by atoms with Gasteiger partial charge in [0.05, 0.1) is 6.61 Å². The molecule has 0 amide bonds. The number of ether oxygens (including phenoxy) is 2. The molecular formula is C12H14Cl2O3. The van der Waals surface area contributed by atoms with Crippen LogP contribution in [0.2, 0.25) is 10.0 Å². The highest BCUT2D eigenvalue weighted by Crippen LogP contribution is 2.40. The maximum absolute atomic E-state index is 9.30. The van der Waals surface area contributed by atoms with Gasteiger partial charge < -0.3 is 14.6 Å². The number of rotatable bonds is 2. The van der Waals surface area contributed by atoms with Crippen molar-refractivity contribution in [2.24, 2.45) is 0 Å². The first-order valence-electron chi connectivity index (χ1n) is 5.34. The zero-order valence-corrected chi connectivity index (χ0v) is 11.1. The van der Waals surface area contributed by atoms with E-state index < -0.39 is 11.9 Å². The van der Waals surface area contributed by atoms with E-state index in [0.29, 0.717) is 10.0 Å². The van der Waals surface area contributed by atoms with Crippen LogP contribution in [0.25, 0.3) is 0 Å². The summed E-state index contributed by atoms with van der Waals surface area (Å²) in [6.45, 7) is 3.49. The fourth-order valence-corrected chi connectivity index (χ4v) is 2.48. The SMILES string of the molecule is CC1(C)O[C@H](c2ccc(Cl)cc2Cl)[C@@H](CO)O1. The van der Waals surface area contributed by atoms with Crippen molar-refractivity contribution in [3.63, 3.8) is 0 Å². The average Bonchev–Trinajstić information content (AvgIpc) is 2.53. The number of halogens is 2. The number of hydrogen-bond donors (Lipinski definition) is 1. The van der Waals surface area contributed by atoms with E-state index in [0.717, 1.165) is 5.56 Å². The molecule has 0 bridgehead atoms. The standard InChI is InChI=1S/C12H14Cl2O3/c1-12(2)16-10(6-15)11(17-12)8-4-3-7(13)5-9(8)14/h3-5,10-11,15H,6H2,1-2H3/t10-,11-/m1/s1. The molecule has 5 heteroatoms. The number of hydrogen-bond acceptors (Lipinski definition) is 3. The largest absolute Gasteiger partial charge is 0.394 e. The summed E-state index contributed by atoms with van der Waals surface area (Å²) in [5.41, 5.74) is 0.778. The van der Waals surface area contributed by atoms with Gasteiger partial charge in [0.15, 0.2) is 5.79 Å². The summed E-state index contributed by atoms with van der Waals surface area (Å²) in [4.78, 5) is 0. The summed E-state index contributed by atoms with van der Waals surface area (Å²) in [6, 6.07) is 5.19. The summed E-state index contributed by atoms with van der Waals surface area (Å²) in [7, 11) is 0. The van der Waals surface area contributed by atoms with Gasteiger partial charge in [-0.1, -0.05) is 29.3 Å². The van der Waals surface area contributed by atoms with Crippen molar-refractivity contribution < 1.29 is 14.6 Å². The van der Waals surface area contributed by atoms with Crippen molar-refractivity contribution in [1.29, 1.82) is 0 Å². The van der Waals surface area contributed by atoms with Crippen LogP contribution in [-0.4, -0.2) is 23.6 Å². The Morgan fingerprint density at radius 1 is 1.29 bits per heavy atom. The lowest BCUT2D eigenvalue weighted by atomic mass is 10.1. The van der Waals surface area contributed by atoms with Gasteiger partial charge in [-0.15, -0.1) is 0 Å². The third-order valence-electron chi connectivity index (χ3n) is 2.63. The van der Waals surface area contributed by atoms with Crippen LogP contribution < -0.4 is 0 Å². The number of benzene rings is 1. The van der Waals surface area contributed by atoms with Crippen LogP contribution in [0.1, 0.15) is 25.5 Å². The molecule has 0 aliphatic carbocycles. The Hall–Kier alpha value is -0.320. The normalized spacial score (nSPS) is 27.4. The topological polar surface area (TPSA) is 38.7 Å². The fourth-order valence-electron chi connectivity index (χ4n) is 1.96. The quantitative estimate of drug-likeness (QED) is 0.902. The molecule has 0 spiro atoms. The van der Waals surface area contributed by atoms with Gasteiger partial charge in [0.2, 0.25) is 0 Å². The van der Waals surface area contributed by atoms with Crippen molar-refractivity contribution in [3.8, 4) is 0 Å². The summed E-state index contributed by atoms with van der Waals surface area (Å²) in [6.07, 6.45) is -0.788. The van der Waals surface area contributed by atoms with Gasteiger partial charge in [-0.25, -0.2) is 0 Å². The maximum Gasteiger partial charge on any atom is 0.164 e. The predicted octanol–water partition coefficient (Wildman–Crippen LogP) is 3.18. The van der Waals surface area contributed by atoms with Crippen LogP contribution in [0.15, 0.2) is 18.2 Å². The van der Waals surface area contributed by atoms with Gasteiger partial charge in [-0.05, 0) is 26.0 Å². The summed E-state index contributed by atoms with van der Waals surface area (Å²) in [5, 5.41) is 10.4. The van der Waals surface area contributed by atoms with Crippen LogP contribution in [0.4, 0.5) is 0 Å². The van der Waals surface area contributed by atoms with E-state index in [1.807, 2.05) is 0 Å². The number of aliphatic hydroxyl groups is 1. The van der Waals surface area contributed by atoms with Crippen LogP contribution in [-0.2, 0) is 9.47 Å². The van der Waals surface area contributed by atoms with E-state index in [1.54, 1.807) is 32.0 Å². The Labute approximate surface area is 110 Å². The molecule has 94 valence electrons. The van der Waals surface area contributed by atoms with E-state index >= 15 is 0 Å². The van der Waals surface area contributed by atoms with Crippen molar-refractivity contribution in [3.05, 3.63) is 33.8 Å². The van der Waals surface area contributed by atoms with E-state index in [9.17, 15) is 5.11 Å². The average molecular weight is 277 g/mol. The fraction of sp³-hybridized carbons (Fsp3) is 0.500. The lowest BCUT2D eigenvalue weighted by molar-refractivity contribution is -0.149. The van der Waals surface area contributed by atoms with Gasteiger partial charge in [-0.3, -0.25) is 0 Å². The first kappa shape index (κ1) is 13.1. The van der Waals surface area contributed by atoms with Crippen LogP contribution >= 0.6 is 23.2 Å². The minimum absolute atomic E-state index is 0.118. The van der Waals surface area contributed by atoms with Crippen molar-refractivity contribution in [1.82, 2.24) is 0 Å². The second-order valence-corrected chi connectivity index (χ2v) is 5.29. The Kier molecular flexibility index (Phi) is 3.66. The van der Waals surface area contributed by atoms with Crippen molar-refractivity contribution >= 4 is 23.2 Å². The molecule has 1 heterocycles. The Morgan fingerprint density at radius 3 is 2.59 bits per heavy atom. The molecule has 0 saturated carbocycles. The molecule has 1 aliphatic rings. The molecule has 1 N–H and O–H groups in total. The molecule has 2 atom stereocenters. The number of aliphatic hydroxyl groups excluding tert-OH is 1. The third kappa shape index (κ3) is 2.75. The third-order valence-corrected chi connectivity index (χ3v) is 3.20. The minimum atomic E-state index is -0.721. The molecule has 1 aromatic rings. The Bertz CT molecular complexity index is 420. The highest BCUT2D eigenvalue weighted by Gasteiger charge is 2.42. The van der Waals surface area contributed by atoms with Gasteiger partial charge in [0, 0.05) is 15.6 Å². The zero-order valence-electron chi connectivity index (χ0n) is 9.61. The van der Waals surface area contributed by atoms with E-state index in [2.05, 4.69) is 0 Å². The molecule has 0 unspecified atom stereocenters. The summed E-state index contributed by atoms with van der Waals surface area (Å²) < 4.78 is 11.3. The van der Waals surface area contributed by atoms with Crippen LogP contribution in [0.5, 0.6) is 0 Å². The first-order chi connectivity index (χ1) is 7.93. The van der Waals surface area contributed by atoms with E-state index in [-0.39, 0.29) is 12.7 Å². The van der Waals surface area contributed by atoms with Gasteiger partial charge >= 0.3 is 0 Å². The van der Waals surface area contributed by atoms with Crippen LogP contribution in [0.3, 0.4) is 0 Å². The summed E-state index contributed by atoms with van der Waals surface area (Å²) in [5.74, 6) is -0.721. The molecule has 1 saturated heterocycles. The van der Waals surface area contributed by atoms with E-state index in [1.165, 1.54) is 0 Å². The first-order valence-corrected chi connectivity index (χ1v) is 6.10. The zero-order chi connectivity index (χ0) is 12.6. The Balaban J connectivity index is 2.32. The van der Waals surface area contributed by atoms with Gasteiger partial charge in [-0.2, -0.15) is 0 Å². The van der Waals surface area contributed by atoms with Gasteiger partial charge in [0.1, 0.15) is 12.2 Å². The predicted molar refractivity (Wildman–Crippen MR) is 66.3 cm³/mol. The molecule has 1 aliphatic heterocycles. The van der Waals surface area contributed by atoms with Crippen LogP contribution in [0, 0.1) is 0 Å². The molecule has 3 nitrogen and oxygen atoms in total. The summed E-state index contributed by atoms with van der Waals surface area (Å²) >= 11 is 12.0. The molecule has 17 heavy (non-hydrogen) atoms. The second kappa shape index (κ2) is 4.75. The molecule has 1 fully saturated rings. The highest BCUT2D eigenvalue weighted by molar-refractivity contribution is 6.35. The van der Waals surface area contributed by atoms with E-state index in [4.69, 9.17) is 32.7 Å². The minimum Gasteiger partial charge on any atom is -0.394 e. The molecule has 0 radical (unpaired) electrons. The lowest BCUT2D eigenvalue weighted by Gasteiger charge is -2.17. The van der Waals surface area contributed by atoms with Gasteiger partial charge in [0.25, 0.3) is 0 Å². The monoisotopic (exact) mass is 276 g/mol. The lowest BCUT2D eigenvalue weighted by Crippen LogP contribution is -2.23. The van der Waals surface area contributed by atoms with Crippen molar-refractivity contribution in [2.45, 2.75) is 31.8 Å². The smallest absolute Gasteiger partial charge is 0.164 e. The highest BCUT2D eigenvalue weighted by atomic mass is 35.5.